The Morgan fingerprint density at radius 2 is 1.79 bits per heavy atom. The molecule has 0 spiro atoms. The molecule has 222 valence electrons. The first-order valence-corrected chi connectivity index (χ1v) is 15.8. The first-order chi connectivity index (χ1) is 18.6. The zero-order chi connectivity index (χ0) is 28.2. The van der Waals surface area contributed by atoms with Crippen LogP contribution in [0.3, 0.4) is 0 Å². The summed E-state index contributed by atoms with van der Waals surface area (Å²) >= 11 is 0. The van der Waals surface area contributed by atoms with Crippen molar-refractivity contribution in [1.82, 2.24) is 10.6 Å². The summed E-state index contributed by atoms with van der Waals surface area (Å²) in [5.74, 6) is 9.56. The number of nitrogens with one attached hydrogen (secondary N) is 2. The van der Waals surface area contributed by atoms with Gasteiger partial charge in [-0.25, -0.2) is 10.7 Å². The Hall–Kier alpha value is -1.60. The Kier molecular flexibility index (Phi) is 10.1. The molecule has 0 saturated heterocycles. The van der Waals surface area contributed by atoms with Crippen LogP contribution in [0, 0.1) is 46.3 Å². The fourth-order valence-electron chi connectivity index (χ4n) is 9.44. The molecule has 0 aromatic carbocycles. The smallest absolute Gasteiger partial charge is 0.407 e. The summed E-state index contributed by atoms with van der Waals surface area (Å²) in [5, 5.41) is 5.38. The Labute approximate surface area is 236 Å². The van der Waals surface area contributed by atoms with E-state index in [0.29, 0.717) is 18.5 Å². The number of nitrogens with two attached hydrogens (primary N) is 1. The van der Waals surface area contributed by atoms with E-state index >= 15 is 0 Å². The Balaban J connectivity index is 1.31. The predicted molar refractivity (Wildman–Crippen MR) is 154 cm³/mol. The van der Waals surface area contributed by atoms with Gasteiger partial charge in [-0.15, -0.1) is 0 Å². The van der Waals surface area contributed by atoms with E-state index in [4.69, 9.17) is 10.6 Å². The van der Waals surface area contributed by atoms with E-state index < -0.39 is 6.09 Å². The third kappa shape index (κ3) is 6.66. The lowest BCUT2D eigenvalue weighted by Crippen LogP contribution is -2.51. The van der Waals surface area contributed by atoms with Crippen molar-refractivity contribution < 1.29 is 19.2 Å². The highest BCUT2D eigenvalue weighted by Crippen LogP contribution is 2.67. The van der Waals surface area contributed by atoms with Gasteiger partial charge >= 0.3 is 6.09 Å². The van der Waals surface area contributed by atoms with Crippen LogP contribution in [0.25, 0.3) is 0 Å². The van der Waals surface area contributed by atoms with Crippen molar-refractivity contribution in [1.29, 1.82) is 0 Å². The lowest BCUT2D eigenvalue weighted by molar-refractivity contribution is -0.125. The molecule has 0 unspecified atom stereocenters. The first-order valence-electron chi connectivity index (χ1n) is 15.8. The second kappa shape index (κ2) is 12.9. The standard InChI is InChI=1S/C32H55N3O4/c1-21(2)7-6-8-22(3)26-11-12-27-25-10-9-23-19-24(39-30(37)35-18-17-34-29(36)20-38-33)13-15-31(23,4)28(25)14-16-32(26,27)5/h9,21-22,24-28H,6-8,10-20,33H2,1-5H3,(H,34,36)(H,35,37)/t22-,24+,25+,26-,27+,28+,31+,32-/m1/s1. The first kappa shape index (κ1) is 30.4. The van der Waals surface area contributed by atoms with E-state index in [1.165, 1.54) is 56.9 Å². The number of carbonyl (C=O) groups is 2. The van der Waals surface area contributed by atoms with Crippen molar-refractivity contribution in [3.8, 4) is 0 Å². The fourth-order valence-corrected chi connectivity index (χ4v) is 9.44. The van der Waals surface area contributed by atoms with Gasteiger partial charge in [0.1, 0.15) is 12.7 Å². The summed E-state index contributed by atoms with van der Waals surface area (Å²) in [6, 6.07) is 0. The summed E-state index contributed by atoms with van der Waals surface area (Å²) < 4.78 is 5.80. The lowest BCUT2D eigenvalue weighted by Gasteiger charge is -2.58. The monoisotopic (exact) mass is 545 g/mol. The molecule has 0 aromatic heterocycles. The molecule has 0 radical (unpaired) electrons. The van der Waals surface area contributed by atoms with Crippen LogP contribution >= 0.6 is 0 Å². The summed E-state index contributed by atoms with van der Waals surface area (Å²) in [5.41, 5.74) is 2.29. The van der Waals surface area contributed by atoms with Crippen LogP contribution in [0.1, 0.15) is 105 Å². The molecule has 7 heteroatoms. The molecule has 0 aromatic rings. The number of rotatable bonds is 11. The van der Waals surface area contributed by atoms with Gasteiger partial charge in [0.2, 0.25) is 5.91 Å². The van der Waals surface area contributed by atoms with E-state index in [2.05, 4.69) is 56.2 Å². The highest BCUT2D eigenvalue weighted by atomic mass is 16.6. The van der Waals surface area contributed by atoms with Gasteiger partial charge in [-0.1, -0.05) is 65.5 Å². The molecule has 7 nitrogen and oxygen atoms in total. The lowest BCUT2D eigenvalue weighted by atomic mass is 9.47. The van der Waals surface area contributed by atoms with E-state index in [0.717, 1.165) is 54.8 Å². The average Bonchev–Trinajstić information content (AvgIpc) is 3.24. The summed E-state index contributed by atoms with van der Waals surface area (Å²) in [6.45, 7) is 12.9. The maximum absolute atomic E-state index is 12.4. The predicted octanol–water partition coefficient (Wildman–Crippen LogP) is 6.13. The second-order valence-electron chi connectivity index (χ2n) is 14.1. The quantitative estimate of drug-likeness (QED) is 0.165. The largest absolute Gasteiger partial charge is 0.446 e. The van der Waals surface area contributed by atoms with Crippen LogP contribution in [0.15, 0.2) is 11.6 Å². The van der Waals surface area contributed by atoms with E-state index in [9.17, 15) is 9.59 Å². The second-order valence-corrected chi connectivity index (χ2v) is 14.1. The molecule has 4 aliphatic carbocycles. The van der Waals surface area contributed by atoms with Crippen molar-refractivity contribution in [3.05, 3.63) is 11.6 Å². The minimum absolute atomic E-state index is 0.0717. The van der Waals surface area contributed by atoms with Gasteiger partial charge in [-0.3, -0.25) is 9.63 Å². The van der Waals surface area contributed by atoms with Crippen LogP contribution in [0.5, 0.6) is 0 Å². The molecule has 39 heavy (non-hydrogen) atoms. The van der Waals surface area contributed by atoms with Crippen molar-refractivity contribution in [2.45, 2.75) is 111 Å². The number of hydrogen-bond acceptors (Lipinski definition) is 5. The number of carbonyl (C=O) groups excluding carboxylic acids is 2. The van der Waals surface area contributed by atoms with Crippen molar-refractivity contribution in [2.24, 2.45) is 52.2 Å². The molecule has 3 saturated carbocycles. The minimum atomic E-state index is -0.407. The van der Waals surface area contributed by atoms with E-state index in [1.54, 1.807) is 0 Å². The molecule has 0 bridgehead atoms. The maximum atomic E-state index is 12.4. The van der Waals surface area contributed by atoms with Gasteiger partial charge in [0.05, 0.1) is 0 Å². The topological polar surface area (TPSA) is 103 Å². The zero-order valence-electron chi connectivity index (χ0n) is 25.2. The fraction of sp³-hybridized carbons (Fsp3) is 0.875. The molecular formula is C32H55N3O4. The van der Waals surface area contributed by atoms with Gasteiger partial charge in [-0.05, 0) is 91.3 Å². The summed E-state index contributed by atoms with van der Waals surface area (Å²) in [7, 11) is 0. The van der Waals surface area contributed by atoms with Crippen molar-refractivity contribution >= 4 is 12.0 Å². The Morgan fingerprint density at radius 1 is 1.03 bits per heavy atom. The number of amides is 2. The van der Waals surface area contributed by atoms with E-state index in [-0.39, 0.29) is 24.0 Å². The average molecular weight is 546 g/mol. The van der Waals surface area contributed by atoms with Gasteiger partial charge in [0.25, 0.3) is 0 Å². The molecule has 0 aliphatic heterocycles. The van der Waals surface area contributed by atoms with Crippen LogP contribution in [0.2, 0.25) is 0 Å². The highest BCUT2D eigenvalue weighted by Gasteiger charge is 2.59. The number of allylic oxidation sites excluding steroid dienone is 1. The van der Waals surface area contributed by atoms with Gasteiger partial charge in [-0.2, -0.15) is 0 Å². The Morgan fingerprint density at radius 3 is 2.54 bits per heavy atom. The molecular weight excluding hydrogens is 490 g/mol. The Bertz CT molecular complexity index is 891. The maximum Gasteiger partial charge on any atom is 0.407 e. The number of fused-ring (bicyclic) bond motifs is 5. The zero-order valence-corrected chi connectivity index (χ0v) is 25.2. The molecule has 8 atom stereocenters. The molecule has 0 heterocycles. The third-order valence-electron chi connectivity index (χ3n) is 11.5. The van der Waals surface area contributed by atoms with Crippen molar-refractivity contribution in [2.75, 3.05) is 19.7 Å². The van der Waals surface area contributed by atoms with E-state index in [1.807, 2.05) is 0 Å². The van der Waals surface area contributed by atoms with Gasteiger partial charge < -0.3 is 15.4 Å². The van der Waals surface area contributed by atoms with Gasteiger partial charge in [0, 0.05) is 19.5 Å². The third-order valence-corrected chi connectivity index (χ3v) is 11.5. The molecule has 4 aliphatic rings. The number of alkyl carbamates (subject to hydrolysis) is 1. The molecule has 2 amide bonds. The number of hydrogen-bond donors (Lipinski definition) is 3. The van der Waals surface area contributed by atoms with Crippen LogP contribution in [0.4, 0.5) is 4.79 Å². The highest BCUT2D eigenvalue weighted by molar-refractivity contribution is 5.77. The molecule has 4 N–H and O–H groups in total. The molecule has 4 rings (SSSR count). The summed E-state index contributed by atoms with van der Waals surface area (Å²) in [4.78, 5) is 28.1. The normalized spacial score (nSPS) is 36.3. The van der Waals surface area contributed by atoms with Crippen LogP contribution in [-0.4, -0.2) is 37.8 Å². The van der Waals surface area contributed by atoms with Gasteiger partial charge in [0.15, 0.2) is 0 Å². The SMILES string of the molecule is CC(C)CCC[C@@H](C)[C@H]1CC[C@H]2[C@@H]3CC=C4C[C@@H](OC(=O)NCCNC(=O)CON)CC[C@]4(C)[C@H]3CC[C@]12C. The molecule has 3 fully saturated rings. The van der Waals surface area contributed by atoms with Crippen molar-refractivity contribution in [3.63, 3.8) is 0 Å². The van der Waals surface area contributed by atoms with Crippen LogP contribution < -0.4 is 16.5 Å². The number of ether oxygens (including phenoxy) is 1. The minimum Gasteiger partial charge on any atom is -0.446 e. The summed E-state index contributed by atoms with van der Waals surface area (Å²) in [6.07, 6.45) is 15.9. The van der Waals surface area contributed by atoms with Crippen LogP contribution in [-0.2, 0) is 14.4 Å².